The molecule has 0 bridgehead atoms. The molecule has 0 unspecified atom stereocenters. The van der Waals surface area contributed by atoms with Crippen molar-refractivity contribution in [2.45, 2.75) is 38.9 Å². The van der Waals surface area contributed by atoms with Crippen molar-refractivity contribution in [1.82, 2.24) is 0 Å². The van der Waals surface area contributed by atoms with E-state index < -0.39 is 5.79 Å². The second kappa shape index (κ2) is 8.25. The highest BCUT2D eigenvalue weighted by Gasteiger charge is 2.25. The second-order valence-corrected chi connectivity index (χ2v) is 3.46. The van der Waals surface area contributed by atoms with Crippen molar-refractivity contribution in [3.8, 4) is 0 Å². The molecule has 92 valence electrons. The first-order chi connectivity index (χ1) is 7.64. The maximum Gasteiger partial charge on any atom is 0.190 e. The van der Waals surface area contributed by atoms with Gasteiger partial charge in [0.15, 0.2) is 5.79 Å². The van der Waals surface area contributed by atoms with Gasteiger partial charge in [-0.15, -0.1) is 0 Å². The van der Waals surface area contributed by atoms with Gasteiger partial charge in [0, 0.05) is 33.5 Å². The number of Topliss-reactive ketones (excluding diaryl/α,β-unsaturated/α-hetero) is 1. The summed E-state index contributed by atoms with van der Waals surface area (Å²) < 4.78 is 10.3. The van der Waals surface area contributed by atoms with Crippen LogP contribution >= 0.6 is 0 Å². The smallest absolute Gasteiger partial charge is 0.190 e. The Labute approximate surface area is 98.1 Å². The third-order valence-corrected chi connectivity index (χ3v) is 2.48. The highest BCUT2D eigenvalue weighted by Crippen LogP contribution is 2.21. The van der Waals surface area contributed by atoms with E-state index in [4.69, 9.17) is 9.47 Å². The van der Waals surface area contributed by atoms with Crippen molar-refractivity contribution >= 4 is 5.78 Å². The fourth-order valence-corrected chi connectivity index (χ4v) is 1.22. The molecule has 1 rings (SSSR count). The van der Waals surface area contributed by atoms with Crippen LogP contribution in [0.2, 0.25) is 0 Å². The van der Waals surface area contributed by atoms with Crippen molar-refractivity contribution in [3.63, 3.8) is 0 Å². The maximum absolute atomic E-state index is 10.2. The van der Waals surface area contributed by atoms with Gasteiger partial charge in [-0.1, -0.05) is 32.1 Å². The average Bonchev–Trinajstić information content (AvgIpc) is 2.39. The lowest BCUT2D eigenvalue weighted by Crippen LogP contribution is -2.31. The summed E-state index contributed by atoms with van der Waals surface area (Å²) in [5.41, 5.74) is 0. The Kier molecular flexibility index (Phi) is 7.77. The van der Waals surface area contributed by atoms with Crippen molar-refractivity contribution in [3.05, 3.63) is 24.3 Å². The quantitative estimate of drug-likeness (QED) is 0.691. The summed E-state index contributed by atoms with van der Waals surface area (Å²) in [6, 6.07) is 0. The van der Waals surface area contributed by atoms with Gasteiger partial charge >= 0.3 is 0 Å². The molecule has 0 saturated heterocycles. The van der Waals surface area contributed by atoms with Gasteiger partial charge in [-0.05, 0) is 6.08 Å². The number of carbonyl (C=O) groups is 1. The van der Waals surface area contributed by atoms with Crippen molar-refractivity contribution in [2.24, 2.45) is 0 Å². The molecule has 0 heterocycles. The molecule has 0 fully saturated rings. The number of methoxy groups -OCH3 is 2. The van der Waals surface area contributed by atoms with E-state index in [1.165, 1.54) is 0 Å². The summed E-state index contributed by atoms with van der Waals surface area (Å²) in [6.45, 7) is 3.76. The van der Waals surface area contributed by atoms with Crippen LogP contribution in [0.4, 0.5) is 0 Å². The van der Waals surface area contributed by atoms with E-state index in [-0.39, 0.29) is 0 Å². The Balaban J connectivity index is 0.000000325. The van der Waals surface area contributed by atoms with Crippen LogP contribution in [0.5, 0.6) is 0 Å². The summed E-state index contributed by atoms with van der Waals surface area (Å²) in [4.78, 5) is 10.2. The third kappa shape index (κ3) is 5.24. The van der Waals surface area contributed by atoms with Crippen LogP contribution in [0.1, 0.15) is 33.1 Å². The summed E-state index contributed by atoms with van der Waals surface area (Å²) >= 11 is 0. The Hall–Kier alpha value is -0.930. The summed E-state index contributed by atoms with van der Waals surface area (Å²) in [6.07, 6.45) is 10.0. The van der Waals surface area contributed by atoms with Gasteiger partial charge in [0.05, 0.1) is 0 Å². The Morgan fingerprint density at radius 1 is 1.19 bits per heavy atom. The number of hydrogen-bond donors (Lipinski definition) is 0. The molecule has 3 nitrogen and oxygen atoms in total. The molecule has 3 heteroatoms. The monoisotopic (exact) mass is 226 g/mol. The van der Waals surface area contributed by atoms with Crippen LogP contribution in [0.15, 0.2) is 24.3 Å². The van der Waals surface area contributed by atoms with E-state index in [1.807, 2.05) is 38.2 Å². The molecule has 1 aliphatic carbocycles. The van der Waals surface area contributed by atoms with Crippen molar-refractivity contribution in [2.75, 3.05) is 14.2 Å². The van der Waals surface area contributed by atoms with Gasteiger partial charge in [0.25, 0.3) is 0 Å². The molecule has 0 aromatic carbocycles. The molecular formula is C13H22O3. The van der Waals surface area contributed by atoms with Crippen LogP contribution < -0.4 is 0 Å². The Morgan fingerprint density at radius 3 is 1.94 bits per heavy atom. The van der Waals surface area contributed by atoms with Gasteiger partial charge in [-0.3, -0.25) is 4.79 Å². The fraction of sp³-hybridized carbons (Fsp3) is 0.615. The third-order valence-electron chi connectivity index (χ3n) is 2.48. The minimum Gasteiger partial charge on any atom is -0.349 e. The average molecular weight is 226 g/mol. The zero-order valence-corrected chi connectivity index (χ0v) is 10.7. The zero-order valence-electron chi connectivity index (χ0n) is 10.7. The largest absolute Gasteiger partial charge is 0.349 e. The lowest BCUT2D eigenvalue weighted by Gasteiger charge is -2.27. The summed E-state index contributed by atoms with van der Waals surface area (Å²) in [5.74, 6) is -0.163. The van der Waals surface area contributed by atoms with E-state index in [0.29, 0.717) is 18.6 Å². The summed E-state index contributed by atoms with van der Waals surface area (Å²) in [7, 11) is 3.29. The molecule has 0 spiro atoms. The number of ketones is 1. The topological polar surface area (TPSA) is 35.5 Å². The Bertz CT molecular complexity index is 244. The number of allylic oxidation sites excluding steroid dienone is 2. The molecule has 16 heavy (non-hydrogen) atoms. The van der Waals surface area contributed by atoms with Gasteiger partial charge in [-0.25, -0.2) is 0 Å². The van der Waals surface area contributed by atoms with E-state index in [9.17, 15) is 4.79 Å². The molecule has 0 saturated carbocycles. The minimum absolute atomic E-state index is 0.343. The van der Waals surface area contributed by atoms with Gasteiger partial charge in [-0.2, -0.15) is 0 Å². The number of ether oxygens (including phenoxy) is 2. The molecule has 0 atom stereocenters. The van der Waals surface area contributed by atoms with Gasteiger partial charge in [0.2, 0.25) is 0 Å². The number of hydrogen-bond acceptors (Lipinski definition) is 3. The molecule has 0 radical (unpaired) electrons. The molecule has 1 aliphatic rings. The predicted octanol–water partition coefficient (Wildman–Crippen LogP) is 2.87. The molecule has 0 amide bonds. The van der Waals surface area contributed by atoms with E-state index in [2.05, 4.69) is 0 Å². The molecule has 0 N–H and O–H groups in total. The SMILES string of the molecule is CCC(=O)CC.COC1(OC)C=CC=CC1. The van der Waals surface area contributed by atoms with E-state index >= 15 is 0 Å². The van der Waals surface area contributed by atoms with Gasteiger partial charge < -0.3 is 9.47 Å². The lowest BCUT2D eigenvalue weighted by molar-refractivity contribution is -0.167. The molecular weight excluding hydrogens is 204 g/mol. The van der Waals surface area contributed by atoms with E-state index in [1.54, 1.807) is 14.2 Å². The van der Waals surface area contributed by atoms with Crippen molar-refractivity contribution in [1.29, 1.82) is 0 Å². The van der Waals surface area contributed by atoms with Crippen LogP contribution in [0.3, 0.4) is 0 Å². The van der Waals surface area contributed by atoms with Crippen LogP contribution in [0.25, 0.3) is 0 Å². The first-order valence-electron chi connectivity index (χ1n) is 5.60. The maximum atomic E-state index is 10.2. The standard InChI is InChI=1S/C8H12O2.C5H10O/c1-9-8(10-2)6-4-3-5-7-8;1-3-5(6)4-2/h3-6H,7H2,1-2H3;3-4H2,1-2H3. The van der Waals surface area contributed by atoms with Crippen LogP contribution in [0, 0.1) is 0 Å². The number of rotatable bonds is 4. The first kappa shape index (κ1) is 15.1. The highest BCUT2D eigenvalue weighted by atomic mass is 16.7. The van der Waals surface area contributed by atoms with E-state index in [0.717, 1.165) is 6.42 Å². The molecule has 0 aromatic rings. The number of carbonyl (C=O) groups excluding carboxylic acids is 1. The molecule has 0 aromatic heterocycles. The second-order valence-electron chi connectivity index (χ2n) is 3.46. The lowest BCUT2D eigenvalue weighted by atomic mass is 10.1. The minimum atomic E-state index is -0.505. The fourth-order valence-electron chi connectivity index (χ4n) is 1.22. The van der Waals surface area contributed by atoms with Crippen LogP contribution in [-0.4, -0.2) is 25.8 Å². The molecule has 0 aliphatic heterocycles. The Morgan fingerprint density at radius 2 is 1.75 bits per heavy atom. The highest BCUT2D eigenvalue weighted by molar-refractivity contribution is 5.77. The first-order valence-corrected chi connectivity index (χ1v) is 5.60. The summed E-state index contributed by atoms with van der Waals surface area (Å²) in [5, 5.41) is 0. The van der Waals surface area contributed by atoms with Gasteiger partial charge in [0.1, 0.15) is 5.78 Å². The van der Waals surface area contributed by atoms with Crippen LogP contribution in [-0.2, 0) is 14.3 Å². The normalized spacial score (nSPS) is 16.5. The predicted molar refractivity (Wildman–Crippen MR) is 65.2 cm³/mol. The zero-order chi connectivity index (χ0) is 12.4. The van der Waals surface area contributed by atoms with Crippen molar-refractivity contribution < 1.29 is 14.3 Å².